The Hall–Kier alpha value is -3.41. The number of carbonyl (C=O) groups is 1. The first-order chi connectivity index (χ1) is 13.6. The summed E-state index contributed by atoms with van der Waals surface area (Å²) in [6.45, 7) is 4.78. The van der Waals surface area contributed by atoms with Crippen LogP contribution in [-0.2, 0) is 6.54 Å². The molecule has 0 aliphatic heterocycles. The molecular formula is C22H24N4O2. The summed E-state index contributed by atoms with van der Waals surface area (Å²) in [7, 11) is 1.77. The highest BCUT2D eigenvalue weighted by Gasteiger charge is 2.16. The normalized spacial score (nSPS) is 10.4. The number of nitrogens with one attached hydrogen (secondary N) is 1. The van der Waals surface area contributed by atoms with Gasteiger partial charge in [0.25, 0.3) is 5.91 Å². The smallest absolute Gasteiger partial charge is 0.272 e. The number of aromatic nitrogens is 2. The maximum absolute atomic E-state index is 12.9. The lowest BCUT2D eigenvalue weighted by molar-refractivity contribution is 0.0779. The van der Waals surface area contributed by atoms with Crippen molar-refractivity contribution in [1.29, 1.82) is 0 Å². The Kier molecular flexibility index (Phi) is 6.22. The lowest BCUT2D eigenvalue weighted by Gasteiger charge is -2.18. The molecule has 0 unspecified atom stereocenters. The third-order valence-corrected chi connectivity index (χ3v) is 4.12. The number of nitrogens with zero attached hydrogens (tertiary/aromatic N) is 3. The van der Waals surface area contributed by atoms with Crippen LogP contribution in [0.15, 0.2) is 60.7 Å². The van der Waals surface area contributed by atoms with Gasteiger partial charge in [0.05, 0.1) is 12.3 Å². The molecule has 0 bridgehead atoms. The molecule has 144 valence electrons. The molecule has 1 N–H and O–H groups in total. The van der Waals surface area contributed by atoms with E-state index in [9.17, 15) is 4.79 Å². The average molecular weight is 376 g/mol. The van der Waals surface area contributed by atoms with E-state index in [1.165, 1.54) is 0 Å². The van der Waals surface area contributed by atoms with Gasteiger partial charge in [0.15, 0.2) is 0 Å². The minimum Gasteiger partial charge on any atom is -0.492 e. The SMILES string of the molecule is CCOc1ccccc1Nc1cc(C(=O)N(C)Cc2ccccc2)nc(C)n1. The minimum atomic E-state index is -0.157. The van der Waals surface area contributed by atoms with Crippen molar-refractivity contribution in [1.82, 2.24) is 14.9 Å². The lowest BCUT2D eigenvalue weighted by Crippen LogP contribution is -2.27. The predicted molar refractivity (Wildman–Crippen MR) is 110 cm³/mol. The lowest BCUT2D eigenvalue weighted by atomic mass is 10.2. The molecule has 3 aromatic rings. The molecule has 2 aromatic carbocycles. The van der Waals surface area contributed by atoms with Gasteiger partial charge in [-0.25, -0.2) is 9.97 Å². The Balaban J connectivity index is 1.80. The zero-order valence-corrected chi connectivity index (χ0v) is 16.3. The fourth-order valence-corrected chi connectivity index (χ4v) is 2.86. The monoisotopic (exact) mass is 376 g/mol. The Labute approximate surface area is 165 Å². The Morgan fingerprint density at radius 3 is 2.54 bits per heavy atom. The number of amides is 1. The first-order valence-corrected chi connectivity index (χ1v) is 9.20. The van der Waals surface area contributed by atoms with Crippen molar-refractivity contribution < 1.29 is 9.53 Å². The van der Waals surface area contributed by atoms with E-state index in [0.29, 0.717) is 30.5 Å². The van der Waals surface area contributed by atoms with E-state index in [1.807, 2.05) is 61.5 Å². The number of hydrogen-bond donors (Lipinski definition) is 1. The molecule has 0 saturated heterocycles. The highest BCUT2D eigenvalue weighted by molar-refractivity contribution is 5.93. The van der Waals surface area contributed by atoms with Gasteiger partial charge < -0.3 is 15.0 Å². The van der Waals surface area contributed by atoms with Gasteiger partial charge in [0, 0.05) is 19.7 Å². The van der Waals surface area contributed by atoms with Crippen molar-refractivity contribution in [3.8, 4) is 5.75 Å². The molecular weight excluding hydrogens is 352 g/mol. The van der Waals surface area contributed by atoms with E-state index in [1.54, 1.807) is 24.9 Å². The van der Waals surface area contributed by atoms with E-state index in [2.05, 4.69) is 15.3 Å². The van der Waals surface area contributed by atoms with Crippen LogP contribution in [0.25, 0.3) is 0 Å². The standard InChI is InChI=1S/C22H24N4O2/c1-4-28-20-13-9-8-12-18(20)25-21-14-19(23-16(2)24-21)22(27)26(3)15-17-10-6-5-7-11-17/h5-14H,4,15H2,1-3H3,(H,23,24,25). The fourth-order valence-electron chi connectivity index (χ4n) is 2.86. The van der Waals surface area contributed by atoms with Crippen LogP contribution in [0.3, 0.4) is 0 Å². The number of para-hydroxylation sites is 2. The van der Waals surface area contributed by atoms with Crippen molar-refractivity contribution >= 4 is 17.4 Å². The van der Waals surface area contributed by atoms with Gasteiger partial charge in [-0.3, -0.25) is 4.79 Å². The molecule has 0 atom stereocenters. The van der Waals surface area contributed by atoms with E-state index < -0.39 is 0 Å². The highest BCUT2D eigenvalue weighted by Crippen LogP contribution is 2.27. The molecule has 1 heterocycles. The van der Waals surface area contributed by atoms with Crippen LogP contribution >= 0.6 is 0 Å². The van der Waals surface area contributed by atoms with Crippen LogP contribution in [0.1, 0.15) is 28.8 Å². The van der Waals surface area contributed by atoms with Gasteiger partial charge in [-0.05, 0) is 31.5 Å². The summed E-state index contributed by atoms with van der Waals surface area (Å²) in [5.41, 5.74) is 2.20. The van der Waals surface area contributed by atoms with Crippen LogP contribution in [0.2, 0.25) is 0 Å². The summed E-state index contributed by atoms with van der Waals surface area (Å²) in [4.78, 5) is 23.2. The molecule has 0 fully saturated rings. The van der Waals surface area contributed by atoms with Crippen LogP contribution in [0, 0.1) is 6.92 Å². The van der Waals surface area contributed by atoms with Gasteiger partial charge in [-0.2, -0.15) is 0 Å². The van der Waals surface area contributed by atoms with E-state index in [0.717, 1.165) is 17.0 Å². The molecule has 6 heteroatoms. The predicted octanol–water partition coefficient (Wildman–Crippen LogP) is 4.20. The number of carbonyl (C=O) groups excluding carboxylic acids is 1. The molecule has 0 aliphatic rings. The van der Waals surface area contributed by atoms with Crippen LogP contribution in [0.4, 0.5) is 11.5 Å². The Morgan fingerprint density at radius 2 is 1.79 bits per heavy atom. The molecule has 28 heavy (non-hydrogen) atoms. The van der Waals surface area contributed by atoms with Gasteiger partial charge in [0.2, 0.25) is 0 Å². The number of benzene rings is 2. The largest absolute Gasteiger partial charge is 0.492 e. The maximum atomic E-state index is 12.9. The Bertz CT molecular complexity index is 944. The second-order valence-corrected chi connectivity index (χ2v) is 6.39. The first-order valence-electron chi connectivity index (χ1n) is 9.20. The number of anilines is 2. The van der Waals surface area contributed by atoms with Crippen molar-refractivity contribution in [3.05, 3.63) is 77.7 Å². The van der Waals surface area contributed by atoms with Crippen LogP contribution < -0.4 is 10.1 Å². The molecule has 0 spiro atoms. The van der Waals surface area contributed by atoms with Crippen LogP contribution in [-0.4, -0.2) is 34.4 Å². The molecule has 0 aliphatic carbocycles. The summed E-state index contributed by atoms with van der Waals surface area (Å²) in [6.07, 6.45) is 0. The number of rotatable bonds is 7. The summed E-state index contributed by atoms with van der Waals surface area (Å²) in [5, 5.41) is 3.24. The number of ether oxygens (including phenoxy) is 1. The van der Waals surface area contributed by atoms with Crippen molar-refractivity contribution in [3.63, 3.8) is 0 Å². The molecule has 1 aromatic heterocycles. The quantitative estimate of drug-likeness (QED) is 0.669. The fraction of sp³-hybridized carbons (Fsp3) is 0.227. The average Bonchev–Trinajstić information content (AvgIpc) is 2.69. The summed E-state index contributed by atoms with van der Waals surface area (Å²) in [5.74, 6) is 1.65. The second-order valence-electron chi connectivity index (χ2n) is 6.39. The summed E-state index contributed by atoms with van der Waals surface area (Å²) < 4.78 is 5.64. The molecule has 0 saturated carbocycles. The third-order valence-electron chi connectivity index (χ3n) is 4.12. The van der Waals surface area contributed by atoms with E-state index in [-0.39, 0.29) is 5.91 Å². The zero-order chi connectivity index (χ0) is 19.9. The Morgan fingerprint density at radius 1 is 1.07 bits per heavy atom. The van der Waals surface area contributed by atoms with Gasteiger partial charge >= 0.3 is 0 Å². The highest BCUT2D eigenvalue weighted by atomic mass is 16.5. The number of aryl methyl sites for hydroxylation is 1. The van der Waals surface area contributed by atoms with E-state index >= 15 is 0 Å². The number of hydrogen-bond acceptors (Lipinski definition) is 5. The topological polar surface area (TPSA) is 67.3 Å². The second kappa shape index (κ2) is 8.99. The molecule has 1 amide bonds. The minimum absolute atomic E-state index is 0.157. The molecule has 6 nitrogen and oxygen atoms in total. The van der Waals surface area contributed by atoms with Crippen LogP contribution in [0.5, 0.6) is 5.75 Å². The summed E-state index contributed by atoms with van der Waals surface area (Å²) in [6, 6.07) is 19.1. The van der Waals surface area contributed by atoms with E-state index in [4.69, 9.17) is 4.74 Å². The van der Waals surface area contributed by atoms with Gasteiger partial charge in [-0.1, -0.05) is 42.5 Å². The summed E-state index contributed by atoms with van der Waals surface area (Å²) >= 11 is 0. The van der Waals surface area contributed by atoms with Crippen molar-refractivity contribution in [2.75, 3.05) is 19.0 Å². The molecule has 3 rings (SSSR count). The third kappa shape index (κ3) is 4.85. The van der Waals surface area contributed by atoms with Gasteiger partial charge in [0.1, 0.15) is 23.1 Å². The van der Waals surface area contributed by atoms with Crippen molar-refractivity contribution in [2.24, 2.45) is 0 Å². The first kappa shape index (κ1) is 19.4. The molecule has 0 radical (unpaired) electrons. The van der Waals surface area contributed by atoms with Crippen molar-refractivity contribution in [2.45, 2.75) is 20.4 Å². The zero-order valence-electron chi connectivity index (χ0n) is 16.3. The van der Waals surface area contributed by atoms with Gasteiger partial charge in [-0.15, -0.1) is 0 Å². The maximum Gasteiger partial charge on any atom is 0.272 e.